The molecular weight excluding hydrogens is 242 g/mol. The Morgan fingerprint density at radius 2 is 1.55 bits per heavy atom. The van der Waals surface area contributed by atoms with E-state index in [1.165, 1.54) is 36.0 Å². The molecule has 104 valence electrons. The Bertz CT molecular complexity index is 583. The van der Waals surface area contributed by atoms with E-state index in [1.54, 1.807) is 11.1 Å². The summed E-state index contributed by atoms with van der Waals surface area (Å²) in [6.45, 7) is 2.12. The third kappa shape index (κ3) is 3.10. The van der Waals surface area contributed by atoms with Crippen LogP contribution in [0.25, 0.3) is 0 Å². The minimum absolute atomic E-state index is 0.206. The minimum atomic E-state index is 0.206. The van der Waals surface area contributed by atoms with Gasteiger partial charge in [-0.05, 0) is 61.3 Å². The second-order valence-corrected chi connectivity index (χ2v) is 6.11. The summed E-state index contributed by atoms with van der Waals surface area (Å²) < 4.78 is 0. The number of hydrogen-bond donors (Lipinski definition) is 1. The van der Waals surface area contributed by atoms with E-state index >= 15 is 0 Å². The highest BCUT2D eigenvalue weighted by molar-refractivity contribution is 5.35. The van der Waals surface area contributed by atoms with Gasteiger partial charge in [-0.25, -0.2) is 0 Å². The molecule has 2 N–H and O–H groups in total. The lowest BCUT2D eigenvalue weighted by Gasteiger charge is -2.13. The number of benzene rings is 2. The second-order valence-electron chi connectivity index (χ2n) is 6.11. The zero-order valence-corrected chi connectivity index (χ0v) is 12.2. The zero-order chi connectivity index (χ0) is 13.9. The predicted octanol–water partition coefficient (Wildman–Crippen LogP) is 3.60. The van der Waals surface area contributed by atoms with E-state index in [-0.39, 0.29) is 6.04 Å². The molecule has 1 heteroatoms. The van der Waals surface area contributed by atoms with Gasteiger partial charge in [0, 0.05) is 6.04 Å². The maximum absolute atomic E-state index is 6.32. The molecule has 1 aliphatic carbocycles. The number of fused-ring (bicyclic) bond motifs is 1. The summed E-state index contributed by atoms with van der Waals surface area (Å²) in [5.74, 6) is 0. The Kier molecular flexibility index (Phi) is 3.88. The fraction of sp³-hybridized carbons (Fsp3) is 0.368. The normalized spacial score (nSPS) is 15.1. The summed E-state index contributed by atoms with van der Waals surface area (Å²) in [7, 11) is 0. The van der Waals surface area contributed by atoms with Crippen LogP contribution in [0.5, 0.6) is 0 Å². The van der Waals surface area contributed by atoms with Gasteiger partial charge in [-0.3, -0.25) is 0 Å². The molecule has 0 fully saturated rings. The average Bonchev–Trinajstić information content (AvgIpc) is 2.89. The first-order chi connectivity index (χ1) is 9.70. The highest BCUT2D eigenvalue weighted by Gasteiger charge is 2.12. The van der Waals surface area contributed by atoms with Gasteiger partial charge < -0.3 is 5.73 Å². The second kappa shape index (κ2) is 5.80. The van der Waals surface area contributed by atoms with Crippen molar-refractivity contribution in [1.29, 1.82) is 0 Å². The van der Waals surface area contributed by atoms with Gasteiger partial charge in [-0.15, -0.1) is 0 Å². The number of hydrogen-bond acceptors (Lipinski definition) is 1. The maximum atomic E-state index is 6.32. The van der Waals surface area contributed by atoms with Crippen molar-refractivity contribution in [3.63, 3.8) is 0 Å². The van der Waals surface area contributed by atoms with Crippen molar-refractivity contribution in [3.05, 3.63) is 70.3 Å². The molecule has 1 unspecified atom stereocenters. The third-order valence-corrected chi connectivity index (χ3v) is 4.28. The highest BCUT2D eigenvalue weighted by atomic mass is 14.6. The molecule has 0 saturated heterocycles. The quantitative estimate of drug-likeness (QED) is 0.898. The fourth-order valence-corrected chi connectivity index (χ4v) is 3.15. The lowest BCUT2D eigenvalue weighted by Crippen LogP contribution is -2.25. The molecule has 0 spiro atoms. The first-order valence-electron chi connectivity index (χ1n) is 7.62. The van der Waals surface area contributed by atoms with Crippen molar-refractivity contribution in [2.24, 2.45) is 5.73 Å². The molecule has 0 amide bonds. The molecule has 0 radical (unpaired) electrons. The smallest absolute Gasteiger partial charge is 0.0120 e. The highest BCUT2D eigenvalue weighted by Crippen LogP contribution is 2.23. The van der Waals surface area contributed by atoms with E-state index < -0.39 is 0 Å². The molecule has 2 aromatic carbocycles. The first-order valence-corrected chi connectivity index (χ1v) is 7.62. The van der Waals surface area contributed by atoms with Crippen molar-refractivity contribution < 1.29 is 0 Å². The van der Waals surface area contributed by atoms with Crippen LogP contribution >= 0.6 is 0 Å². The van der Waals surface area contributed by atoms with Crippen LogP contribution in [0.3, 0.4) is 0 Å². The molecule has 0 saturated carbocycles. The number of aryl methyl sites for hydroxylation is 3. The van der Waals surface area contributed by atoms with Crippen molar-refractivity contribution in [1.82, 2.24) is 0 Å². The molecule has 0 aliphatic heterocycles. The monoisotopic (exact) mass is 265 g/mol. The summed E-state index contributed by atoms with van der Waals surface area (Å²) in [5, 5.41) is 0. The number of nitrogens with two attached hydrogens (primary N) is 1. The van der Waals surface area contributed by atoms with Crippen LogP contribution < -0.4 is 5.73 Å². The first kappa shape index (κ1) is 13.4. The van der Waals surface area contributed by atoms with E-state index in [4.69, 9.17) is 5.73 Å². The molecule has 1 aliphatic rings. The molecule has 1 nitrogen and oxygen atoms in total. The van der Waals surface area contributed by atoms with Gasteiger partial charge in [-0.2, -0.15) is 0 Å². The predicted molar refractivity (Wildman–Crippen MR) is 85.0 cm³/mol. The summed E-state index contributed by atoms with van der Waals surface area (Å²) in [6, 6.07) is 15.9. The molecule has 3 rings (SSSR count). The van der Waals surface area contributed by atoms with E-state index in [0.717, 1.165) is 12.8 Å². The standard InChI is InChI=1S/C19H23N/c1-14-5-7-15(8-6-14)12-19(20)13-16-9-10-17-3-2-4-18(17)11-16/h5-11,19H,2-4,12-13,20H2,1H3. The minimum Gasteiger partial charge on any atom is -0.327 e. The van der Waals surface area contributed by atoms with Gasteiger partial charge in [0.2, 0.25) is 0 Å². The van der Waals surface area contributed by atoms with Crippen LogP contribution in [0.1, 0.15) is 34.2 Å². The SMILES string of the molecule is Cc1ccc(CC(N)Cc2ccc3c(c2)CCC3)cc1. The maximum Gasteiger partial charge on any atom is 0.0120 e. The topological polar surface area (TPSA) is 26.0 Å². The van der Waals surface area contributed by atoms with Crippen molar-refractivity contribution >= 4 is 0 Å². The van der Waals surface area contributed by atoms with Crippen LogP contribution in [0.15, 0.2) is 42.5 Å². The molecule has 0 aromatic heterocycles. The van der Waals surface area contributed by atoms with Crippen LogP contribution in [0.2, 0.25) is 0 Å². The Hall–Kier alpha value is -1.60. The molecule has 20 heavy (non-hydrogen) atoms. The summed E-state index contributed by atoms with van der Waals surface area (Å²) in [5.41, 5.74) is 13.4. The Morgan fingerprint density at radius 1 is 0.900 bits per heavy atom. The number of rotatable bonds is 4. The van der Waals surface area contributed by atoms with Crippen LogP contribution in [0.4, 0.5) is 0 Å². The van der Waals surface area contributed by atoms with Gasteiger partial charge in [-0.1, -0.05) is 48.0 Å². The zero-order valence-electron chi connectivity index (χ0n) is 12.2. The van der Waals surface area contributed by atoms with E-state index in [9.17, 15) is 0 Å². The Balaban J connectivity index is 1.63. The summed E-state index contributed by atoms with van der Waals surface area (Å²) >= 11 is 0. The molecule has 0 bridgehead atoms. The molecule has 2 aromatic rings. The van der Waals surface area contributed by atoms with E-state index in [2.05, 4.69) is 49.4 Å². The van der Waals surface area contributed by atoms with Gasteiger partial charge in [0.1, 0.15) is 0 Å². The fourth-order valence-electron chi connectivity index (χ4n) is 3.15. The molecule has 1 atom stereocenters. The lowest BCUT2D eigenvalue weighted by atomic mass is 9.97. The van der Waals surface area contributed by atoms with Crippen molar-refractivity contribution in [3.8, 4) is 0 Å². The Labute approximate surface area is 121 Å². The lowest BCUT2D eigenvalue weighted by molar-refractivity contribution is 0.664. The van der Waals surface area contributed by atoms with Crippen LogP contribution in [0, 0.1) is 6.92 Å². The largest absolute Gasteiger partial charge is 0.327 e. The summed E-state index contributed by atoms with van der Waals surface area (Å²) in [4.78, 5) is 0. The van der Waals surface area contributed by atoms with Gasteiger partial charge in [0.05, 0.1) is 0 Å². The van der Waals surface area contributed by atoms with E-state index in [0.29, 0.717) is 0 Å². The van der Waals surface area contributed by atoms with Gasteiger partial charge in [0.15, 0.2) is 0 Å². The third-order valence-electron chi connectivity index (χ3n) is 4.28. The molecule has 0 heterocycles. The van der Waals surface area contributed by atoms with Crippen molar-refractivity contribution in [2.45, 2.75) is 45.1 Å². The van der Waals surface area contributed by atoms with Gasteiger partial charge in [0.25, 0.3) is 0 Å². The van der Waals surface area contributed by atoms with Crippen LogP contribution in [-0.2, 0) is 25.7 Å². The molecular formula is C19H23N. The Morgan fingerprint density at radius 3 is 2.35 bits per heavy atom. The van der Waals surface area contributed by atoms with Crippen molar-refractivity contribution in [2.75, 3.05) is 0 Å². The summed E-state index contributed by atoms with van der Waals surface area (Å²) in [6.07, 6.45) is 5.74. The van der Waals surface area contributed by atoms with Gasteiger partial charge >= 0.3 is 0 Å². The van der Waals surface area contributed by atoms with E-state index in [1.807, 2.05) is 0 Å². The van der Waals surface area contributed by atoms with Crippen LogP contribution in [-0.4, -0.2) is 6.04 Å². The average molecular weight is 265 g/mol.